The summed E-state index contributed by atoms with van der Waals surface area (Å²) in [4.78, 5) is 13.9. The summed E-state index contributed by atoms with van der Waals surface area (Å²) < 4.78 is 4.75. The van der Waals surface area contributed by atoms with Gasteiger partial charge in [-0.05, 0) is 50.2 Å². The SMILES string of the molecule is CNCC1CCN(Cc2cccc(C(=O)OC)c2)C1. The zero-order valence-electron chi connectivity index (χ0n) is 11.7. The molecular weight excluding hydrogens is 240 g/mol. The summed E-state index contributed by atoms with van der Waals surface area (Å²) in [6, 6.07) is 7.71. The number of hydrogen-bond donors (Lipinski definition) is 1. The molecule has 19 heavy (non-hydrogen) atoms. The minimum Gasteiger partial charge on any atom is -0.465 e. The van der Waals surface area contributed by atoms with Crippen molar-refractivity contribution in [3.05, 3.63) is 35.4 Å². The second kappa shape index (κ2) is 6.68. The molecule has 0 spiro atoms. The molecule has 1 aromatic rings. The van der Waals surface area contributed by atoms with Gasteiger partial charge >= 0.3 is 5.97 Å². The maximum Gasteiger partial charge on any atom is 0.337 e. The molecule has 0 aromatic heterocycles. The average Bonchev–Trinajstić information content (AvgIpc) is 2.86. The number of methoxy groups -OCH3 is 1. The molecule has 1 N–H and O–H groups in total. The number of esters is 1. The van der Waals surface area contributed by atoms with Crippen LogP contribution < -0.4 is 5.32 Å². The Morgan fingerprint density at radius 1 is 1.53 bits per heavy atom. The first-order valence-electron chi connectivity index (χ1n) is 6.77. The molecule has 4 heteroatoms. The van der Waals surface area contributed by atoms with Gasteiger partial charge in [-0.3, -0.25) is 4.90 Å². The van der Waals surface area contributed by atoms with E-state index >= 15 is 0 Å². The van der Waals surface area contributed by atoms with Gasteiger partial charge in [0.25, 0.3) is 0 Å². The number of carbonyl (C=O) groups is 1. The van der Waals surface area contributed by atoms with Gasteiger partial charge in [-0.1, -0.05) is 12.1 Å². The molecule has 1 aliphatic rings. The van der Waals surface area contributed by atoms with Crippen LogP contribution in [0.15, 0.2) is 24.3 Å². The van der Waals surface area contributed by atoms with Gasteiger partial charge in [0.05, 0.1) is 12.7 Å². The van der Waals surface area contributed by atoms with Gasteiger partial charge in [0.1, 0.15) is 0 Å². The fourth-order valence-electron chi connectivity index (χ4n) is 2.68. The lowest BCUT2D eigenvalue weighted by atomic mass is 10.1. The largest absolute Gasteiger partial charge is 0.465 e. The smallest absolute Gasteiger partial charge is 0.337 e. The normalized spacial score (nSPS) is 19.6. The molecule has 1 aliphatic heterocycles. The number of rotatable bonds is 5. The highest BCUT2D eigenvalue weighted by Gasteiger charge is 2.21. The number of ether oxygens (including phenoxy) is 1. The van der Waals surface area contributed by atoms with E-state index < -0.39 is 0 Å². The highest BCUT2D eigenvalue weighted by molar-refractivity contribution is 5.89. The van der Waals surface area contributed by atoms with Crippen LogP contribution in [-0.2, 0) is 11.3 Å². The van der Waals surface area contributed by atoms with E-state index in [2.05, 4.69) is 16.3 Å². The lowest BCUT2D eigenvalue weighted by Gasteiger charge is -2.16. The molecule has 104 valence electrons. The Morgan fingerprint density at radius 2 is 2.37 bits per heavy atom. The molecule has 1 unspecified atom stereocenters. The molecular formula is C15H22N2O2. The quantitative estimate of drug-likeness (QED) is 0.817. The van der Waals surface area contributed by atoms with Crippen molar-refractivity contribution >= 4 is 5.97 Å². The first-order valence-corrected chi connectivity index (χ1v) is 6.77. The van der Waals surface area contributed by atoms with Crippen molar-refractivity contribution < 1.29 is 9.53 Å². The van der Waals surface area contributed by atoms with E-state index in [1.165, 1.54) is 19.1 Å². The molecule has 0 amide bonds. The van der Waals surface area contributed by atoms with Crippen molar-refractivity contribution in [2.24, 2.45) is 5.92 Å². The third-order valence-corrected chi connectivity index (χ3v) is 3.62. The number of nitrogens with zero attached hydrogens (tertiary/aromatic N) is 1. The molecule has 1 fully saturated rings. The number of carbonyl (C=O) groups excluding carboxylic acids is 1. The summed E-state index contributed by atoms with van der Waals surface area (Å²) in [5, 5.41) is 3.24. The average molecular weight is 262 g/mol. The van der Waals surface area contributed by atoms with Gasteiger partial charge in [-0.2, -0.15) is 0 Å². The van der Waals surface area contributed by atoms with E-state index in [0.29, 0.717) is 5.56 Å². The van der Waals surface area contributed by atoms with Crippen molar-refractivity contribution in [1.29, 1.82) is 0 Å². The molecule has 1 atom stereocenters. The van der Waals surface area contributed by atoms with Crippen molar-refractivity contribution in [2.45, 2.75) is 13.0 Å². The minimum atomic E-state index is -0.267. The van der Waals surface area contributed by atoms with Crippen molar-refractivity contribution in [1.82, 2.24) is 10.2 Å². The van der Waals surface area contributed by atoms with Gasteiger partial charge in [0.15, 0.2) is 0 Å². The zero-order valence-corrected chi connectivity index (χ0v) is 11.7. The molecule has 1 saturated heterocycles. The lowest BCUT2D eigenvalue weighted by molar-refractivity contribution is 0.0600. The highest BCUT2D eigenvalue weighted by atomic mass is 16.5. The minimum absolute atomic E-state index is 0.267. The second-order valence-electron chi connectivity index (χ2n) is 5.14. The molecule has 2 rings (SSSR count). The molecule has 1 aromatic carbocycles. The monoisotopic (exact) mass is 262 g/mol. The molecule has 4 nitrogen and oxygen atoms in total. The van der Waals surface area contributed by atoms with Crippen LogP contribution in [-0.4, -0.2) is 44.7 Å². The van der Waals surface area contributed by atoms with E-state index in [1.54, 1.807) is 6.07 Å². The van der Waals surface area contributed by atoms with Crippen LogP contribution in [0.3, 0.4) is 0 Å². The summed E-state index contributed by atoms with van der Waals surface area (Å²) in [7, 11) is 3.42. The molecule has 0 aliphatic carbocycles. The van der Waals surface area contributed by atoms with Crippen LogP contribution in [0.2, 0.25) is 0 Å². The van der Waals surface area contributed by atoms with E-state index in [4.69, 9.17) is 4.74 Å². The third-order valence-electron chi connectivity index (χ3n) is 3.62. The lowest BCUT2D eigenvalue weighted by Crippen LogP contribution is -2.24. The fraction of sp³-hybridized carbons (Fsp3) is 0.533. The van der Waals surface area contributed by atoms with Crippen LogP contribution in [0.1, 0.15) is 22.3 Å². The van der Waals surface area contributed by atoms with Crippen LogP contribution >= 0.6 is 0 Å². The Kier molecular flexibility index (Phi) is 4.93. The molecule has 0 saturated carbocycles. The van der Waals surface area contributed by atoms with E-state index in [0.717, 1.165) is 32.1 Å². The maximum atomic E-state index is 11.5. The Morgan fingerprint density at radius 3 is 3.11 bits per heavy atom. The number of likely N-dealkylation sites (tertiary alicyclic amines) is 1. The van der Waals surface area contributed by atoms with Gasteiger partial charge in [0.2, 0.25) is 0 Å². The first-order chi connectivity index (χ1) is 9.22. The third kappa shape index (κ3) is 3.78. The van der Waals surface area contributed by atoms with Gasteiger partial charge in [0, 0.05) is 13.1 Å². The Hall–Kier alpha value is -1.39. The molecule has 0 bridgehead atoms. The first kappa shape index (κ1) is 14.0. The Bertz CT molecular complexity index is 434. The number of nitrogens with one attached hydrogen (secondary N) is 1. The Labute approximate surface area is 114 Å². The summed E-state index contributed by atoms with van der Waals surface area (Å²) in [6.45, 7) is 4.25. The summed E-state index contributed by atoms with van der Waals surface area (Å²) >= 11 is 0. The van der Waals surface area contributed by atoms with Crippen LogP contribution in [0, 0.1) is 5.92 Å². The summed E-state index contributed by atoms with van der Waals surface area (Å²) in [5.41, 5.74) is 1.80. The van der Waals surface area contributed by atoms with Gasteiger partial charge in [-0.25, -0.2) is 4.79 Å². The highest BCUT2D eigenvalue weighted by Crippen LogP contribution is 2.18. The maximum absolute atomic E-state index is 11.5. The molecule has 1 heterocycles. The van der Waals surface area contributed by atoms with Crippen LogP contribution in [0.4, 0.5) is 0 Å². The van der Waals surface area contributed by atoms with Crippen molar-refractivity contribution in [2.75, 3.05) is 33.8 Å². The van der Waals surface area contributed by atoms with Gasteiger partial charge in [-0.15, -0.1) is 0 Å². The molecule has 0 radical (unpaired) electrons. The zero-order chi connectivity index (χ0) is 13.7. The van der Waals surface area contributed by atoms with Crippen molar-refractivity contribution in [3.8, 4) is 0 Å². The fourth-order valence-corrected chi connectivity index (χ4v) is 2.68. The van der Waals surface area contributed by atoms with Crippen LogP contribution in [0.5, 0.6) is 0 Å². The van der Waals surface area contributed by atoms with E-state index in [-0.39, 0.29) is 5.97 Å². The topological polar surface area (TPSA) is 41.6 Å². The number of benzene rings is 1. The van der Waals surface area contributed by atoms with Crippen LogP contribution in [0.25, 0.3) is 0 Å². The van der Waals surface area contributed by atoms with Crippen molar-refractivity contribution in [3.63, 3.8) is 0 Å². The second-order valence-corrected chi connectivity index (χ2v) is 5.14. The Balaban J connectivity index is 1.94. The van der Waals surface area contributed by atoms with E-state index in [1.807, 2.05) is 19.2 Å². The summed E-state index contributed by atoms with van der Waals surface area (Å²) in [5.74, 6) is 0.477. The summed E-state index contributed by atoms with van der Waals surface area (Å²) in [6.07, 6.45) is 1.25. The van der Waals surface area contributed by atoms with Gasteiger partial charge < -0.3 is 10.1 Å². The number of hydrogen-bond acceptors (Lipinski definition) is 4. The standard InChI is InChI=1S/C15H22N2O2/c1-16-9-13-6-7-17(11-13)10-12-4-3-5-14(8-12)15(18)19-2/h3-5,8,13,16H,6-7,9-11H2,1-2H3. The van der Waals surface area contributed by atoms with E-state index in [9.17, 15) is 4.79 Å². The predicted octanol–water partition coefficient (Wildman–Crippen LogP) is 1.51. The predicted molar refractivity (Wildman–Crippen MR) is 75.1 cm³/mol.